The number of hydrogen-bond acceptors (Lipinski definition) is 5. The number of benzene rings is 3. The fourth-order valence-electron chi connectivity index (χ4n) is 4.29. The Balaban J connectivity index is 1.67. The van der Waals surface area contributed by atoms with Gasteiger partial charge >= 0.3 is 0 Å². The number of thiazole rings is 1. The van der Waals surface area contributed by atoms with E-state index >= 15 is 0 Å². The van der Waals surface area contributed by atoms with Crippen molar-refractivity contribution in [2.24, 2.45) is 0 Å². The Bertz CT molecular complexity index is 1470. The molecule has 0 saturated carbocycles. The summed E-state index contributed by atoms with van der Waals surface area (Å²) in [7, 11) is -3.65. The number of nitrogens with zero attached hydrogens (tertiary/aromatic N) is 3. The van der Waals surface area contributed by atoms with Gasteiger partial charge in [0.05, 0.1) is 26.7 Å². The standard InChI is InChI=1S/C30H34ClN3O3S2/c1-4-6-19-33(20-7-5-2)39(36,37)25-16-14-24(15-17-25)29(35)34(21-23-11-9-8-10-12-23)30-32-27-22(3)13-18-26(31)28(27)38-30/h8-18H,4-7,19-21H2,1-3H3. The van der Waals surface area contributed by atoms with E-state index < -0.39 is 10.0 Å². The highest BCUT2D eigenvalue weighted by Crippen LogP contribution is 2.36. The van der Waals surface area contributed by atoms with Crippen LogP contribution in [-0.2, 0) is 16.6 Å². The molecule has 0 radical (unpaired) electrons. The van der Waals surface area contributed by atoms with Crippen LogP contribution in [0.2, 0.25) is 5.02 Å². The van der Waals surface area contributed by atoms with Crippen molar-refractivity contribution >= 4 is 54.2 Å². The molecule has 0 aliphatic heterocycles. The molecule has 0 saturated heterocycles. The molecule has 4 aromatic rings. The molecular weight excluding hydrogens is 550 g/mol. The third kappa shape index (κ3) is 6.69. The van der Waals surface area contributed by atoms with Crippen LogP contribution in [0, 0.1) is 6.92 Å². The summed E-state index contributed by atoms with van der Waals surface area (Å²) in [6.45, 7) is 7.36. The fraction of sp³-hybridized carbons (Fsp3) is 0.333. The van der Waals surface area contributed by atoms with E-state index in [0.29, 0.717) is 35.4 Å². The maximum atomic E-state index is 13.9. The number of amides is 1. The Morgan fingerprint density at radius 2 is 1.56 bits per heavy atom. The Hall–Kier alpha value is -2.78. The van der Waals surface area contributed by atoms with Gasteiger partial charge in [0.15, 0.2) is 5.13 Å². The molecule has 206 valence electrons. The number of hydrogen-bond donors (Lipinski definition) is 0. The number of unbranched alkanes of at least 4 members (excludes halogenated alkanes) is 2. The number of carbonyl (C=O) groups excluding carboxylic acids is 1. The first kappa shape index (κ1) is 29.2. The van der Waals surface area contributed by atoms with Crippen molar-refractivity contribution in [3.63, 3.8) is 0 Å². The van der Waals surface area contributed by atoms with Gasteiger partial charge in [-0.1, -0.05) is 86.0 Å². The SMILES string of the molecule is CCCCN(CCCC)S(=O)(=O)c1ccc(C(=O)N(Cc2ccccc2)c2nc3c(C)ccc(Cl)c3s2)cc1. The quantitative estimate of drug-likeness (QED) is 0.171. The van der Waals surface area contributed by atoms with Crippen LogP contribution in [0.3, 0.4) is 0 Å². The molecule has 1 amide bonds. The van der Waals surface area contributed by atoms with Gasteiger partial charge in [-0.05, 0) is 61.2 Å². The molecule has 0 aliphatic rings. The van der Waals surface area contributed by atoms with Crippen LogP contribution >= 0.6 is 22.9 Å². The zero-order valence-electron chi connectivity index (χ0n) is 22.6. The summed E-state index contributed by atoms with van der Waals surface area (Å²) in [6.07, 6.45) is 3.44. The second-order valence-electron chi connectivity index (χ2n) is 9.55. The fourth-order valence-corrected chi connectivity index (χ4v) is 7.13. The highest BCUT2D eigenvalue weighted by molar-refractivity contribution is 7.89. The van der Waals surface area contributed by atoms with Crippen LogP contribution in [0.1, 0.15) is 61.0 Å². The van der Waals surface area contributed by atoms with E-state index in [-0.39, 0.29) is 10.8 Å². The van der Waals surface area contributed by atoms with Crippen LogP contribution in [0.4, 0.5) is 5.13 Å². The van der Waals surface area contributed by atoms with Gasteiger partial charge in [-0.3, -0.25) is 9.69 Å². The summed E-state index contributed by atoms with van der Waals surface area (Å²) in [5.41, 5.74) is 3.10. The second-order valence-corrected chi connectivity index (χ2v) is 12.9. The molecule has 0 atom stereocenters. The van der Waals surface area contributed by atoms with Gasteiger partial charge < -0.3 is 0 Å². The highest BCUT2D eigenvalue weighted by Gasteiger charge is 2.26. The number of fused-ring (bicyclic) bond motifs is 1. The average Bonchev–Trinajstić information content (AvgIpc) is 3.41. The molecule has 1 aromatic heterocycles. The molecule has 9 heteroatoms. The molecule has 0 N–H and O–H groups in total. The molecule has 4 rings (SSSR count). The first-order chi connectivity index (χ1) is 18.8. The predicted molar refractivity (Wildman–Crippen MR) is 161 cm³/mol. The third-order valence-electron chi connectivity index (χ3n) is 6.61. The van der Waals surface area contributed by atoms with Gasteiger partial charge in [0.1, 0.15) is 0 Å². The molecule has 0 unspecified atom stereocenters. The Labute approximate surface area is 240 Å². The Kier molecular flexibility index (Phi) is 9.77. The molecule has 0 bridgehead atoms. The summed E-state index contributed by atoms with van der Waals surface area (Å²) < 4.78 is 29.2. The minimum Gasteiger partial charge on any atom is -0.279 e. The molecular formula is C30H34ClN3O3S2. The van der Waals surface area contributed by atoms with Crippen LogP contribution in [0.5, 0.6) is 0 Å². The third-order valence-corrected chi connectivity index (χ3v) is 10.1. The van der Waals surface area contributed by atoms with Crippen molar-refractivity contribution in [3.05, 3.63) is 88.4 Å². The maximum Gasteiger partial charge on any atom is 0.260 e. The lowest BCUT2D eigenvalue weighted by atomic mass is 10.1. The number of anilines is 1. The lowest BCUT2D eigenvalue weighted by Gasteiger charge is -2.23. The highest BCUT2D eigenvalue weighted by atomic mass is 35.5. The molecule has 3 aromatic carbocycles. The smallest absolute Gasteiger partial charge is 0.260 e. The van der Waals surface area contributed by atoms with E-state index in [9.17, 15) is 13.2 Å². The summed E-state index contributed by atoms with van der Waals surface area (Å²) >= 11 is 7.83. The van der Waals surface area contributed by atoms with Crippen LogP contribution in [0.15, 0.2) is 71.6 Å². The van der Waals surface area contributed by atoms with E-state index in [1.54, 1.807) is 21.3 Å². The summed E-state index contributed by atoms with van der Waals surface area (Å²) in [5, 5.41) is 1.13. The van der Waals surface area contributed by atoms with Crippen molar-refractivity contribution in [1.82, 2.24) is 9.29 Å². The van der Waals surface area contributed by atoms with Crippen LogP contribution < -0.4 is 4.90 Å². The van der Waals surface area contributed by atoms with Gasteiger partial charge in [-0.2, -0.15) is 4.31 Å². The Morgan fingerprint density at radius 3 is 2.15 bits per heavy atom. The first-order valence-corrected chi connectivity index (χ1v) is 15.9. The first-order valence-electron chi connectivity index (χ1n) is 13.3. The van der Waals surface area contributed by atoms with E-state index in [0.717, 1.165) is 47.0 Å². The van der Waals surface area contributed by atoms with Crippen molar-refractivity contribution in [2.75, 3.05) is 18.0 Å². The lowest BCUT2D eigenvalue weighted by molar-refractivity contribution is 0.0985. The van der Waals surface area contributed by atoms with Gasteiger partial charge in [-0.25, -0.2) is 13.4 Å². The van der Waals surface area contributed by atoms with E-state index in [4.69, 9.17) is 16.6 Å². The molecule has 39 heavy (non-hydrogen) atoms. The lowest BCUT2D eigenvalue weighted by Crippen LogP contribution is -2.33. The van der Waals surface area contributed by atoms with Crippen molar-refractivity contribution < 1.29 is 13.2 Å². The predicted octanol–water partition coefficient (Wildman–Crippen LogP) is 7.70. The van der Waals surface area contributed by atoms with Gasteiger partial charge in [0.25, 0.3) is 5.91 Å². The zero-order valence-corrected chi connectivity index (χ0v) is 25.0. The number of aryl methyl sites for hydroxylation is 1. The number of carbonyl (C=O) groups is 1. The number of halogens is 1. The molecule has 0 aliphatic carbocycles. The van der Waals surface area contributed by atoms with Crippen LogP contribution in [-0.4, -0.2) is 36.7 Å². The van der Waals surface area contributed by atoms with E-state index in [1.807, 2.05) is 63.2 Å². The van der Waals surface area contributed by atoms with Gasteiger partial charge in [-0.15, -0.1) is 0 Å². The van der Waals surface area contributed by atoms with Crippen LogP contribution in [0.25, 0.3) is 10.2 Å². The molecule has 1 heterocycles. The van der Waals surface area contributed by atoms with Gasteiger partial charge in [0, 0.05) is 18.7 Å². The number of aromatic nitrogens is 1. The van der Waals surface area contributed by atoms with Crippen molar-refractivity contribution in [3.8, 4) is 0 Å². The summed E-state index contributed by atoms with van der Waals surface area (Å²) in [6, 6.07) is 19.7. The minimum atomic E-state index is -3.65. The van der Waals surface area contributed by atoms with E-state index in [2.05, 4.69) is 0 Å². The maximum absolute atomic E-state index is 13.9. The summed E-state index contributed by atoms with van der Waals surface area (Å²) in [5.74, 6) is -0.260. The summed E-state index contributed by atoms with van der Waals surface area (Å²) in [4.78, 5) is 20.5. The van der Waals surface area contributed by atoms with Gasteiger partial charge in [0.2, 0.25) is 10.0 Å². The molecule has 0 fully saturated rings. The normalized spacial score (nSPS) is 11.8. The minimum absolute atomic E-state index is 0.197. The largest absolute Gasteiger partial charge is 0.279 e. The zero-order chi connectivity index (χ0) is 28.0. The molecule has 6 nitrogen and oxygen atoms in total. The monoisotopic (exact) mass is 583 g/mol. The topological polar surface area (TPSA) is 70.6 Å². The van der Waals surface area contributed by atoms with Crippen molar-refractivity contribution in [2.45, 2.75) is 57.9 Å². The Morgan fingerprint density at radius 1 is 0.923 bits per heavy atom. The van der Waals surface area contributed by atoms with E-state index in [1.165, 1.54) is 23.5 Å². The second kappa shape index (κ2) is 13.0. The molecule has 0 spiro atoms. The number of sulfonamides is 1. The number of rotatable bonds is 12. The van der Waals surface area contributed by atoms with Crippen molar-refractivity contribution in [1.29, 1.82) is 0 Å². The average molecular weight is 584 g/mol.